The highest BCUT2D eigenvalue weighted by Crippen LogP contribution is 2.16. The predicted octanol–water partition coefficient (Wildman–Crippen LogP) is 1.97. The second-order valence-electron chi connectivity index (χ2n) is 5.20. The molecule has 0 saturated carbocycles. The van der Waals surface area contributed by atoms with E-state index in [-0.39, 0.29) is 0 Å². The number of likely N-dealkylation sites (N-methyl/N-ethyl adjacent to an activating group) is 1. The fourth-order valence-electron chi connectivity index (χ4n) is 2.82. The first-order valence-corrected chi connectivity index (χ1v) is 7.19. The Bertz CT molecular complexity index is 408. The Balaban J connectivity index is 1.83. The highest BCUT2D eigenvalue weighted by atomic mass is 16.5. The van der Waals surface area contributed by atoms with Gasteiger partial charge in [-0.1, -0.05) is 6.92 Å². The van der Waals surface area contributed by atoms with Crippen molar-refractivity contribution in [2.75, 3.05) is 26.7 Å². The van der Waals surface area contributed by atoms with Gasteiger partial charge in [0.05, 0.1) is 12.8 Å². The third kappa shape index (κ3) is 3.91. The van der Waals surface area contributed by atoms with E-state index in [2.05, 4.69) is 22.1 Å². The minimum Gasteiger partial charge on any atom is -0.497 e. The van der Waals surface area contributed by atoms with Crippen molar-refractivity contribution >= 4 is 0 Å². The number of hydrogen-bond acceptors (Lipinski definition) is 4. The lowest BCUT2D eigenvalue weighted by molar-refractivity contribution is 0.259. The van der Waals surface area contributed by atoms with Gasteiger partial charge < -0.3 is 10.1 Å². The van der Waals surface area contributed by atoms with E-state index < -0.39 is 0 Å². The maximum Gasteiger partial charge on any atom is 0.122 e. The van der Waals surface area contributed by atoms with E-state index >= 15 is 0 Å². The molecule has 1 atom stereocenters. The molecule has 0 aliphatic carbocycles. The molecule has 0 radical (unpaired) electrons. The molecule has 1 aromatic rings. The van der Waals surface area contributed by atoms with E-state index in [1.54, 1.807) is 7.11 Å². The molecular weight excluding hydrogens is 238 g/mol. The van der Waals surface area contributed by atoms with E-state index in [0.29, 0.717) is 6.04 Å². The molecule has 0 spiro atoms. The van der Waals surface area contributed by atoms with Crippen molar-refractivity contribution < 1.29 is 4.74 Å². The van der Waals surface area contributed by atoms with Gasteiger partial charge in [-0.3, -0.25) is 9.88 Å². The fraction of sp³-hybridized carbons (Fsp3) is 0.667. The fourth-order valence-corrected chi connectivity index (χ4v) is 2.82. The average Bonchev–Trinajstić information content (AvgIpc) is 2.85. The maximum absolute atomic E-state index is 5.27. The molecule has 2 heterocycles. The minimum atomic E-state index is 0.691. The molecule has 1 fully saturated rings. The van der Waals surface area contributed by atoms with Crippen LogP contribution in [0.25, 0.3) is 0 Å². The monoisotopic (exact) mass is 263 g/mol. The molecule has 2 rings (SSSR count). The summed E-state index contributed by atoms with van der Waals surface area (Å²) < 4.78 is 5.27. The minimum absolute atomic E-state index is 0.691. The summed E-state index contributed by atoms with van der Waals surface area (Å²) in [5, 5.41) is 3.53. The molecule has 4 heteroatoms. The summed E-state index contributed by atoms with van der Waals surface area (Å²) in [6.07, 6.45) is 2.64. The second kappa shape index (κ2) is 6.87. The molecule has 1 unspecified atom stereocenters. The molecule has 106 valence electrons. The number of methoxy groups -OCH3 is 1. The standard InChI is InChI=1S/C15H25N3O/c1-4-18-7-5-6-14(18)11-16-10-13-9-15(19-3)8-12(2)17-13/h8-9,14,16H,4-7,10-11H2,1-3H3. The van der Waals surface area contributed by atoms with Crippen LogP contribution in [0.4, 0.5) is 0 Å². The lowest BCUT2D eigenvalue weighted by Crippen LogP contribution is -2.37. The maximum atomic E-state index is 5.27. The van der Waals surface area contributed by atoms with E-state index in [1.807, 2.05) is 19.1 Å². The molecule has 0 amide bonds. The van der Waals surface area contributed by atoms with Crippen LogP contribution in [0.1, 0.15) is 31.2 Å². The highest BCUT2D eigenvalue weighted by molar-refractivity contribution is 5.26. The Morgan fingerprint density at radius 3 is 3.05 bits per heavy atom. The molecular formula is C15H25N3O. The SMILES string of the molecule is CCN1CCCC1CNCc1cc(OC)cc(C)n1. The third-order valence-corrected chi connectivity index (χ3v) is 3.81. The van der Waals surface area contributed by atoms with Gasteiger partial charge in [0.25, 0.3) is 0 Å². The summed E-state index contributed by atoms with van der Waals surface area (Å²) in [7, 11) is 1.70. The number of pyridine rings is 1. The predicted molar refractivity (Wildman–Crippen MR) is 77.5 cm³/mol. The first-order chi connectivity index (χ1) is 9.22. The van der Waals surface area contributed by atoms with Gasteiger partial charge in [0, 0.05) is 37.0 Å². The average molecular weight is 263 g/mol. The van der Waals surface area contributed by atoms with Crippen molar-refractivity contribution in [3.8, 4) is 5.75 Å². The van der Waals surface area contributed by atoms with Crippen LogP contribution in [-0.4, -0.2) is 42.7 Å². The summed E-state index contributed by atoms with van der Waals surface area (Å²) in [4.78, 5) is 7.08. The van der Waals surface area contributed by atoms with Gasteiger partial charge in [-0.05, 0) is 32.9 Å². The van der Waals surface area contributed by atoms with Crippen LogP contribution in [0.3, 0.4) is 0 Å². The molecule has 0 bridgehead atoms. The van der Waals surface area contributed by atoms with E-state index in [1.165, 1.54) is 19.4 Å². The largest absolute Gasteiger partial charge is 0.497 e. The third-order valence-electron chi connectivity index (χ3n) is 3.81. The molecule has 1 N–H and O–H groups in total. The number of likely N-dealkylation sites (tertiary alicyclic amines) is 1. The first-order valence-electron chi connectivity index (χ1n) is 7.19. The van der Waals surface area contributed by atoms with Crippen LogP contribution in [0.15, 0.2) is 12.1 Å². The summed E-state index contributed by atoms with van der Waals surface area (Å²) in [5.74, 6) is 0.889. The zero-order valence-corrected chi connectivity index (χ0v) is 12.3. The Morgan fingerprint density at radius 1 is 1.47 bits per heavy atom. The number of rotatable bonds is 6. The number of aromatic nitrogens is 1. The number of aryl methyl sites for hydroxylation is 1. The van der Waals surface area contributed by atoms with Gasteiger partial charge in [-0.25, -0.2) is 0 Å². The van der Waals surface area contributed by atoms with E-state index in [4.69, 9.17) is 4.74 Å². The molecule has 1 aromatic heterocycles. The number of ether oxygens (including phenoxy) is 1. The molecule has 19 heavy (non-hydrogen) atoms. The summed E-state index contributed by atoms with van der Waals surface area (Å²) >= 11 is 0. The molecule has 1 aliphatic heterocycles. The van der Waals surface area contributed by atoms with Gasteiger partial charge in [-0.15, -0.1) is 0 Å². The summed E-state index contributed by atoms with van der Waals surface area (Å²) in [5.41, 5.74) is 2.06. The van der Waals surface area contributed by atoms with Crippen LogP contribution >= 0.6 is 0 Å². The topological polar surface area (TPSA) is 37.4 Å². The Hall–Kier alpha value is -1.13. The lowest BCUT2D eigenvalue weighted by Gasteiger charge is -2.22. The number of nitrogens with zero attached hydrogens (tertiary/aromatic N) is 2. The van der Waals surface area contributed by atoms with Gasteiger partial charge in [-0.2, -0.15) is 0 Å². The van der Waals surface area contributed by atoms with Crippen LogP contribution in [-0.2, 0) is 6.54 Å². The van der Waals surface area contributed by atoms with Crippen LogP contribution < -0.4 is 10.1 Å². The number of hydrogen-bond donors (Lipinski definition) is 1. The van der Waals surface area contributed by atoms with Crippen molar-refractivity contribution in [1.82, 2.24) is 15.2 Å². The second-order valence-corrected chi connectivity index (χ2v) is 5.20. The molecule has 1 saturated heterocycles. The summed E-state index contributed by atoms with van der Waals surface area (Å²) in [6.45, 7) is 8.51. The zero-order chi connectivity index (χ0) is 13.7. The normalized spacial score (nSPS) is 19.8. The van der Waals surface area contributed by atoms with E-state index in [0.717, 1.165) is 36.8 Å². The van der Waals surface area contributed by atoms with Crippen LogP contribution in [0.5, 0.6) is 5.75 Å². The number of nitrogens with one attached hydrogen (secondary N) is 1. The van der Waals surface area contributed by atoms with Crippen molar-refractivity contribution in [1.29, 1.82) is 0 Å². The molecule has 4 nitrogen and oxygen atoms in total. The lowest BCUT2D eigenvalue weighted by atomic mass is 10.2. The van der Waals surface area contributed by atoms with Gasteiger partial charge in [0.2, 0.25) is 0 Å². The summed E-state index contributed by atoms with van der Waals surface area (Å²) in [6, 6.07) is 4.66. The van der Waals surface area contributed by atoms with Crippen molar-refractivity contribution in [3.05, 3.63) is 23.5 Å². The molecule has 0 aromatic carbocycles. The Morgan fingerprint density at radius 2 is 2.32 bits per heavy atom. The quantitative estimate of drug-likeness (QED) is 0.851. The van der Waals surface area contributed by atoms with E-state index in [9.17, 15) is 0 Å². The Labute approximate surface area is 116 Å². The smallest absolute Gasteiger partial charge is 0.122 e. The van der Waals surface area contributed by atoms with Crippen molar-refractivity contribution in [2.24, 2.45) is 0 Å². The zero-order valence-electron chi connectivity index (χ0n) is 12.3. The van der Waals surface area contributed by atoms with Crippen molar-refractivity contribution in [2.45, 2.75) is 39.3 Å². The van der Waals surface area contributed by atoms with Crippen molar-refractivity contribution in [3.63, 3.8) is 0 Å². The highest BCUT2D eigenvalue weighted by Gasteiger charge is 2.22. The van der Waals surface area contributed by atoms with Gasteiger partial charge in [0.15, 0.2) is 0 Å². The van der Waals surface area contributed by atoms with Crippen LogP contribution in [0.2, 0.25) is 0 Å². The molecule has 1 aliphatic rings. The Kier molecular flexibility index (Phi) is 5.16. The van der Waals surface area contributed by atoms with Crippen LogP contribution in [0, 0.1) is 6.92 Å². The van der Waals surface area contributed by atoms with Gasteiger partial charge >= 0.3 is 0 Å². The first kappa shape index (κ1) is 14.3. The van der Waals surface area contributed by atoms with Gasteiger partial charge in [0.1, 0.15) is 5.75 Å².